The molecule has 0 aliphatic rings. The summed E-state index contributed by atoms with van der Waals surface area (Å²) in [6.45, 7) is 13.8. The Hall–Kier alpha value is -1.59. The van der Waals surface area contributed by atoms with E-state index in [0.29, 0.717) is 19.3 Å². The fraction of sp³-hybridized carbons (Fsp3) is 0.951. The normalized spacial score (nSPS) is 12.5. The third kappa shape index (κ3) is 53.6. The van der Waals surface area contributed by atoms with Gasteiger partial charge in [0.1, 0.15) is 13.2 Å². The van der Waals surface area contributed by atoms with E-state index in [2.05, 4.69) is 41.5 Å². The Balaban J connectivity index is 4.30. The molecule has 0 rings (SSSR count). The molecule has 1 unspecified atom stereocenters. The quantitative estimate of drug-likeness (QED) is 0.0343. The first kappa shape index (κ1) is 65.4. The second-order valence-corrected chi connectivity index (χ2v) is 22.2. The molecule has 398 valence electrons. The fourth-order valence-corrected chi connectivity index (χ4v) is 9.32. The van der Waals surface area contributed by atoms with Gasteiger partial charge in [0, 0.05) is 19.3 Å². The molecule has 0 saturated heterocycles. The van der Waals surface area contributed by atoms with Crippen molar-refractivity contribution in [3.8, 4) is 0 Å². The summed E-state index contributed by atoms with van der Waals surface area (Å²) in [6.07, 6.45) is 55.2. The van der Waals surface area contributed by atoms with Gasteiger partial charge in [0.25, 0.3) is 0 Å². The topological polar surface area (TPSA) is 78.9 Å². The lowest BCUT2D eigenvalue weighted by atomic mass is 9.99. The van der Waals surface area contributed by atoms with Crippen molar-refractivity contribution < 1.29 is 28.6 Å². The van der Waals surface area contributed by atoms with Gasteiger partial charge in [-0.05, 0) is 37.0 Å². The Labute approximate surface area is 418 Å². The van der Waals surface area contributed by atoms with Crippen molar-refractivity contribution in [2.24, 2.45) is 17.8 Å². The molecule has 0 amide bonds. The molecule has 6 nitrogen and oxygen atoms in total. The van der Waals surface area contributed by atoms with Gasteiger partial charge in [-0.3, -0.25) is 14.4 Å². The van der Waals surface area contributed by atoms with E-state index in [1.165, 1.54) is 218 Å². The van der Waals surface area contributed by atoms with E-state index in [1.807, 2.05) is 0 Å². The summed E-state index contributed by atoms with van der Waals surface area (Å²) in [6, 6.07) is 0. The number of esters is 3. The van der Waals surface area contributed by atoms with Crippen LogP contribution in [0.3, 0.4) is 0 Å². The monoisotopic (exact) mass is 947 g/mol. The molecule has 0 saturated carbocycles. The van der Waals surface area contributed by atoms with Gasteiger partial charge in [-0.15, -0.1) is 0 Å². The Morgan fingerprint density at radius 2 is 0.522 bits per heavy atom. The minimum absolute atomic E-state index is 0.0632. The van der Waals surface area contributed by atoms with Gasteiger partial charge in [-0.1, -0.05) is 298 Å². The van der Waals surface area contributed by atoms with Crippen molar-refractivity contribution in [2.45, 2.75) is 343 Å². The number of unbranched alkanes of at least 4 members (excludes halogenated alkanes) is 36. The molecule has 0 heterocycles. The Bertz CT molecular complexity index is 1040. The smallest absolute Gasteiger partial charge is 0.306 e. The van der Waals surface area contributed by atoms with Crippen LogP contribution in [0.15, 0.2) is 0 Å². The summed E-state index contributed by atoms with van der Waals surface area (Å²) in [5.74, 6) is 1.72. The molecule has 0 fully saturated rings. The van der Waals surface area contributed by atoms with E-state index < -0.39 is 6.10 Å². The van der Waals surface area contributed by atoms with Crippen LogP contribution in [0.25, 0.3) is 0 Å². The third-order valence-corrected chi connectivity index (χ3v) is 14.3. The summed E-state index contributed by atoms with van der Waals surface area (Å²) < 4.78 is 16.9. The molecule has 2 atom stereocenters. The second-order valence-electron chi connectivity index (χ2n) is 22.2. The lowest BCUT2D eigenvalue weighted by Gasteiger charge is -2.18. The van der Waals surface area contributed by atoms with Crippen LogP contribution in [0.4, 0.5) is 0 Å². The van der Waals surface area contributed by atoms with Crippen molar-refractivity contribution in [1.29, 1.82) is 0 Å². The average molecular weight is 948 g/mol. The van der Waals surface area contributed by atoms with Crippen LogP contribution in [-0.2, 0) is 28.6 Å². The average Bonchev–Trinajstić information content (AvgIpc) is 3.30. The number of hydrogen-bond acceptors (Lipinski definition) is 6. The zero-order valence-corrected chi connectivity index (χ0v) is 46.2. The maximum Gasteiger partial charge on any atom is 0.306 e. The summed E-state index contributed by atoms with van der Waals surface area (Å²) >= 11 is 0. The molecule has 0 aromatic carbocycles. The van der Waals surface area contributed by atoms with Gasteiger partial charge >= 0.3 is 17.9 Å². The Morgan fingerprint density at radius 1 is 0.299 bits per heavy atom. The Kier molecular flexibility index (Phi) is 51.0. The molecular weight excluding hydrogens is 829 g/mol. The zero-order chi connectivity index (χ0) is 49.1. The standard InChI is InChI=1S/C61H118O6/c1-7-57(6)49-43-37-31-25-21-22-27-33-39-45-51-60(63)66-54-58(67-61(64)52-46-40-34-28-20-16-12-11-14-18-24-30-36-42-48-56(4)5)53-65-59(62)50-44-38-32-26-19-15-10-8-9-13-17-23-29-35-41-47-55(2)3/h55-58H,7-54H2,1-6H3/t57?,58-/m1/s1. The summed E-state index contributed by atoms with van der Waals surface area (Å²) in [5.41, 5.74) is 0. The van der Waals surface area contributed by atoms with E-state index >= 15 is 0 Å². The molecule has 0 N–H and O–H groups in total. The van der Waals surface area contributed by atoms with Gasteiger partial charge in [-0.2, -0.15) is 0 Å². The summed E-state index contributed by atoms with van der Waals surface area (Å²) in [5, 5.41) is 0. The number of hydrogen-bond donors (Lipinski definition) is 0. The largest absolute Gasteiger partial charge is 0.462 e. The molecule has 6 heteroatoms. The van der Waals surface area contributed by atoms with Crippen LogP contribution in [0.5, 0.6) is 0 Å². The minimum Gasteiger partial charge on any atom is -0.462 e. The van der Waals surface area contributed by atoms with Gasteiger partial charge in [-0.25, -0.2) is 0 Å². The minimum atomic E-state index is -0.764. The highest BCUT2D eigenvalue weighted by molar-refractivity contribution is 5.71. The van der Waals surface area contributed by atoms with Gasteiger partial charge in [0.15, 0.2) is 6.10 Å². The predicted molar refractivity (Wildman–Crippen MR) is 289 cm³/mol. The summed E-state index contributed by atoms with van der Waals surface area (Å²) in [4.78, 5) is 38.2. The highest BCUT2D eigenvalue weighted by Crippen LogP contribution is 2.19. The molecule has 0 aromatic heterocycles. The Morgan fingerprint density at radius 3 is 0.776 bits per heavy atom. The first-order valence-electron chi connectivity index (χ1n) is 30.1. The van der Waals surface area contributed by atoms with Crippen LogP contribution >= 0.6 is 0 Å². The van der Waals surface area contributed by atoms with E-state index in [9.17, 15) is 14.4 Å². The first-order valence-corrected chi connectivity index (χ1v) is 30.1. The van der Waals surface area contributed by atoms with Crippen molar-refractivity contribution in [2.75, 3.05) is 13.2 Å². The molecule has 0 aliphatic carbocycles. The first-order chi connectivity index (χ1) is 32.6. The highest BCUT2D eigenvalue weighted by atomic mass is 16.6. The SMILES string of the molecule is CCC(C)CCCCCCCCCCCCC(=O)OC[C@@H](COC(=O)CCCCCCCCCCCCCCCCCC(C)C)OC(=O)CCCCCCCCCCCCCCCCC(C)C. The number of rotatable bonds is 54. The second kappa shape index (κ2) is 52.2. The number of carbonyl (C=O) groups is 3. The maximum atomic E-state index is 12.9. The highest BCUT2D eigenvalue weighted by Gasteiger charge is 2.19. The van der Waals surface area contributed by atoms with Gasteiger partial charge in [0.05, 0.1) is 0 Å². The predicted octanol–water partition coefficient (Wildman–Crippen LogP) is 19.9. The molecule has 0 spiro atoms. The van der Waals surface area contributed by atoms with Crippen LogP contribution < -0.4 is 0 Å². The van der Waals surface area contributed by atoms with Crippen molar-refractivity contribution in [3.63, 3.8) is 0 Å². The van der Waals surface area contributed by atoms with Crippen LogP contribution in [0.1, 0.15) is 337 Å². The molecule has 0 bridgehead atoms. The molecule has 0 aromatic rings. The van der Waals surface area contributed by atoms with E-state index in [-0.39, 0.29) is 31.1 Å². The number of ether oxygens (including phenoxy) is 3. The lowest BCUT2D eigenvalue weighted by molar-refractivity contribution is -0.167. The molecular formula is C61H118O6. The number of carbonyl (C=O) groups excluding carboxylic acids is 3. The van der Waals surface area contributed by atoms with Crippen LogP contribution in [0, 0.1) is 17.8 Å². The van der Waals surface area contributed by atoms with Crippen LogP contribution in [0.2, 0.25) is 0 Å². The van der Waals surface area contributed by atoms with E-state index in [0.717, 1.165) is 75.5 Å². The maximum absolute atomic E-state index is 12.9. The van der Waals surface area contributed by atoms with E-state index in [4.69, 9.17) is 14.2 Å². The van der Waals surface area contributed by atoms with Crippen molar-refractivity contribution in [1.82, 2.24) is 0 Å². The zero-order valence-electron chi connectivity index (χ0n) is 46.2. The molecule has 0 radical (unpaired) electrons. The third-order valence-electron chi connectivity index (χ3n) is 14.3. The molecule has 67 heavy (non-hydrogen) atoms. The van der Waals surface area contributed by atoms with Gasteiger partial charge < -0.3 is 14.2 Å². The van der Waals surface area contributed by atoms with Crippen molar-refractivity contribution >= 4 is 17.9 Å². The van der Waals surface area contributed by atoms with Crippen molar-refractivity contribution in [3.05, 3.63) is 0 Å². The van der Waals surface area contributed by atoms with E-state index in [1.54, 1.807) is 0 Å². The van der Waals surface area contributed by atoms with Gasteiger partial charge in [0.2, 0.25) is 0 Å². The summed E-state index contributed by atoms with van der Waals surface area (Å²) in [7, 11) is 0. The lowest BCUT2D eigenvalue weighted by Crippen LogP contribution is -2.30. The fourth-order valence-electron chi connectivity index (χ4n) is 9.32. The molecule has 0 aliphatic heterocycles. The van der Waals surface area contributed by atoms with Crippen LogP contribution in [-0.4, -0.2) is 37.2 Å².